The number of benzene rings is 1. The summed E-state index contributed by atoms with van der Waals surface area (Å²) in [5.41, 5.74) is 7.03. The molecule has 0 aromatic heterocycles. The zero-order chi connectivity index (χ0) is 13.4. The monoisotopic (exact) mass is 323 g/mol. The first kappa shape index (κ1) is 12.9. The number of hydrogen-bond acceptors (Lipinski definition) is 3. The Kier molecular flexibility index (Phi) is 3.50. The number of hydrogen-bond donors (Lipinski definition) is 2. The van der Waals surface area contributed by atoms with E-state index in [-0.39, 0.29) is 11.9 Å². The number of nitrogens with two attached hydrogens (primary N) is 1. The second-order valence-corrected chi connectivity index (χ2v) is 6.28. The van der Waals surface area contributed by atoms with E-state index in [4.69, 9.17) is 5.73 Å². The first-order valence-corrected chi connectivity index (χ1v) is 7.53. The topological polar surface area (TPSA) is 58.4 Å². The summed E-state index contributed by atoms with van der Waals surface area (Å²) in [7, 11) is 0. The van der Waals surface area contributed by atoms with Crippen molar-refractivity contribution in [2.45, 2.75) is 31.3 Å². The summed E-state index contributed by atoms with van der Waals surface area (Å²) in [6.45, 7) is 2.10. The second-order valence-electron chi connectivity index (χ2n) is 5.42. The van der Waals surface area contributed by atoms with Gasteiger partial charge >= 0.3 is 0 Å². The molecule has 1 aromatic carbocycles. The second kappa shape index (κ2) is 5.13. The van der Waals surface area contributed by atoms with Crippen LogP contribution in [0.1, 0.15) is 29.6 Å². The Balaban J connectivity index is 1.60. The average molecular weight is 324 g/mol. The molecule has 1 aliphatic carbocycles. The fourth-order valence-corrected chi connectivity index (χ4v) is 2.88. The third kappa shape index (κ3) is 2.92. The summed E-state index contributed by atoms with van der Waals surface area (Å²) in [4.78, 5) is 14.6. The Bertz CT molecular complexity index is 501. The smallest absolute Gasteiger partial charge is 0.251 e. The van der Waals surface area contributed by atoms with Gasteiger partial charge in [-0.1, -0.05) is 0 Å². The molecule has 0 spiro atoms. The third-order valence-corrected chi connectivity index (χ3v) is 4.60. The number of likely N-dealkylation sites (tertiary alicyclic amines) is 1. The number of carbonyl (C=O) groups excluding carboxylic acids is 1. The summed E-state index contributed by atoms with van der Waals surface area (Å²) >= 11 is 3.33. The summed E-state index contributed by atoms with van der Waals surface area (Å²) in [6, 6.07) is 6.38. The van der Waals surface area contributed by atoms with E-state index in [0.29, 0.717) is 11.3 Å². The quantitative estimate of drug-likeness (QED) is 0.836. The van der Waals surface area contributed by atoms with E-state index in [1.54, 1.807) is 12.1 Å². The molecule has 102 valence electrons. The van der Waals surface area contributed by atoms with Gasteiger partial charge in [-0.2, -0.15) is 0 Å². The molecule has 1 aliphatic heterocycles. The molecule has 1 amide bonds. The van der Waals surface area contributed by atoms with Crippen molar-refractivity contribution in [3.05, 3.63) is 28.2 Å². The molecule has 19 heavy (non-hydrogen) atoms. The Morgan fingerprint density at radius 2 is 2.16 bits per heavy atom. The molecule has 1 saturated carbocycles. The van der Waals surface area contributed by atoms with Crippen LogP contribution < -0.4 is 11.1 Å². The van der Waals surface area contributed by atoms with Crippen molar-refractivity contribution >= 4 is 27.5 Å². The van der Waals surface area contributed by atoms with Gasteiger partial charge < -0.3 is 11.1 Å². The molecule has 3 rings (SSSR count). The van der Waals surface area contributed by atoms with Gasteiger partial charge in [0.1, 0.15) is 0 Å². The summed E-state index contributed by atoms with van der Waals surface area (Å²) in [6.07, 6.45) is 3.70. The molecule has 4 nitrogen and oxygen atoms in total. The highest BCUT2D eigenvalue weighted by molar-refractivity contribution is 9.10. The van der Waals surface area contributed by atoms with Crippen LogP contribution in [0, 0.1) is 0 Å². The van der Waals surface area contributed by atoms with Crippen LogP contribution in [0.15, 0.2) is 22.7 Å². The number of anilines is 1. The zero-order valence-corrected chi connectivity index (χ0v) is 12.3. The number of nitrogens with zero attached hydrogens (tertiary/aromatic N) is 1. The largest absolute Gasteiger partial charge is 0.398 e. The van der Waals surface area contributed by atoms with E-state index in [9.17, 15) is 4.79 Å². The lowest BCUT2D eigenvalue weighted by atomic mass is 10.1. The molecule has 1 atom stereocenters. The summed E-state index contributed by atoms with van der Waals surface area (Å²) < 4.78 is 0.824. The molecule has 1 unspecified atom stereocenters. The molecule has 1 heterocycles. The van der Waals surface area contributed by atoms with Gasteiger partial charge in [0.15, 0.2) is 0 Å². The standard InChI is InChI=1S/C14H18BrN3O/c15-12-4-1-9(7-13(12)16)14(19)17-10-5-6-18(8-10)11-2-3-11/h1,4,7,10-11H,2-3,5-6,8,16H2,(H,17,19). The van der Waals surface area contributed by atoms with Crippen LogP contribution in [0.3, 0.4) is 0 Å². The summed E-state index contributed by atoms with van der Waals surface area (Å²) in [5, 5.41) is 3.10. The van der Waals surface area contributed by atoms with Crippen molar-refractivity contribution in [1.29, 1.82) is 0 Å². The van der Waals surface area contributed by atoms with Gasteiger partial charge in [-0.3, -0.25) is 9.69 Å². The maximum absolute atomic E-state index is 12.2. The minimum Gasteiger partial charge on any atom is -0.398 e. The molecular weight excluding hydrogens is 306 g/mol. The molecule has 0 bridgehead atoms. The number of halogens is 1. The van der Waals surface area contributed by atoms with Crippen molar-refractivity contribution in [3.8, 4) is 0 Å². The zero-order valence-electron chi connectivity index (χ0n) is 10.7. The van der Waals surface area contributed by atoms with Crippen molar-refractivity contribution in [3.63, 3.8) is 0 Å². The molecule has 3 N–H and O–H groups in total. The number of nitrogen functional groups attached to an aromatic ring is 1. The van der Waals surface area contributed by atoms with Crippen LogP contribution in [0.25, 0.3) is 0 Å². The predicted molar refractivity (Wildman–Crippen MR) is 79.0 cm³/mol. The summed E-state index contributed by atoms with van der Waals surface area (Å²) in [5.74, 6) is -0.0261. The van der Waals surface area contributed by atoms with Crippen LogP contribution in [-0.4, -0.2) is 36.0 Å². The molecule has 2 fully saturated rings. The number of rotatable bonds is 3. The fourth-order valence-electron chi connectivity index (χ4n) is 2.63. The lowest BCUT2D eigenvalue weighted by Crippen LogP contribution is -2.37. The highest BCUT2D eigenvalue weighted by Gasteiger charge is 2.34. The normalized spacial score (nSPS) is 23.5. The van der Waals surface area contributed by atoms with Gasteiger partial charge in [-0.15, -0.1) is 0 Å². The van der Waals surface area contributed by atoms with Crippen molar-refractivity contribution in [2.75, 3.05) is 18.8 Å². The SMILES string of the molecule is Nc1cc(C(=O)NC2CCN(C3CC3)C2)ccc1Br. The average Bonchev–Trinajstić information content (AvgIpc) is 3.14. The highest BCUT2D eigenvalue weighted by atomic mass is 79.9. The lowest BCUT2D eigenvalue weighted by molar-refractivity contribution is 0.0937. The lowest BCUT2D eigenvalue weighted by Gasteiger charge is -2.16. The van der Waals surface area contributed by atoms with E-state index in [1.807, 2.05) is 6.07 Å². The van der Waals surface area contributed by atoms with Crippen LogP contribution in [-0.2, 0) is 0 Å². The number of amides is 1. The van der Waals surface area contributed by atoms with Gasteiger partial charge in [-0.05, 0) is 53.4 Å². The van der Waals surface area contributed by atoms with Gasteiger partial charge in [0.25, 0.3) is 5.91 Å². The maximum Gasteiger partial charge on any atom is 0.251 e. The van der Waals surface area contributed by atoms with Crippen LogP contribution >= 0.6 is 15.9 Å². The predicted octanol–water partition coefficient (Wildman–Crippen LogP) is 2.00. The highest BCUT2D eigenvalue weighted by Crippen LogP contribution is 2.29. The van der Waals surface area contributed by atoms with Crippen LogP contribution in [0.5, 0.6) is 0 Å². The molecule has 5 heteroatoms. The maximum atomic E-state index is 12.2. The van der Waals surface area contributed by atoms with Crippen LogP contribution in [0.2, 0.25) is 0 Å². The van der Waals surface area contributed by atoms with Gasteiger partial charge in [0.05, 0.1) is 0 Å². The number of carbonyl (C=O) groups is 1. The fraction of sp³-hybridized carbons (Fsp3) is 0.500. The van der Waals surface area contributed by atoms with E-state index in [2.05, 4.69) is 26.1 Å². The van der Waals surface area contributed by atoms with Crippen LogP contribution in [0.4, 0.5) is 5.69 Å². The van der Waals surface area contributed by atoms with E-state index < -0.39 is 0 Å². The van der Waals surface area contributed by atoms with Gasteiger partial charge in [0, 0.05) is 40.9 Å². The molecule has 0 radical (unpaired) electrons. The first-order valence-electron chi connectivity index (χ1n) is 6.73. The van der Waals surface area contributed by atoms with E-state index >= 15 is 0 Å². The van der Waals surface area contributed by atoms with Gasteiger partial charge in [0.2, 0.25) is 0 Å². The van der Waals surface area contributed by atoms with Crippen molar-refractivity contribution in [2.24, 2.45) is 0 Å². The minimum atomic E-state index is -0.0261. The molecule has 2 aliphatic rings. The first-order chi connectivity index (χ1) is 9.13. The third-order valence-electron chi connectivity index (χ3n) is 3.88. The minimum absolute atomic E-state index is 0.0261. The van der Waals surface area contributed by atoms with Crippen molar-refractivity contribution in [1.82, 2.24) is 10.2 Å². The Morgan fingerprint density at radius 1 is 1.37 bits per heavy atom. The van der Waals surface area contributed by atoms with E-state index in [1.165, 1.54) is 12.8 Å². The molecular formula is C14H18BrN3O. The number of nitrogens with one attached hydrogen (secondary N) is 1. The molecule has 1 saturated heterocycles. The van der Waals surface area contributed by atoms with E-state index in [0.717, 1.165) is 30.0 Å². The van der Waals surface area contributed by atoms with Crippen molar-refractivity contribution < 1.29 is 4.79 Å². The Morgan fingerprint density at radius 3 is 2.84 bits per heavy atom. The molecule has 1 aromatic rings. The Hall–Kier alpha value is -1.07. The van der Waals surface area contributed by atoms with Gasteiger partial charge in [-0.25, -0.2) is 0 Å². The Labute approximate surface area is 121 Å².